The van der Waals surface area contributed by atoms with Crippen molar-refractivity contribution in [1.29, 1.82) is 0 Å². The third-order valence-electron chi connectivity index (χ3n) is 3.89. The van der Waals surface area contributed by atoms with Crippen molar-refractivity contribution >= 4 is 39.4 Å². The van der Waals surface area contributed by atoms with E-state index >= 15 is 0 Å². The summed E-state index contributed by atoms with van der Waals surface area (Å²) in [5, 5.41) is 12.7. The van der Waals surface area contributed by atoms with Crippen molar-refractivity contribution in [2.75, 3.05) is 7.11 Å². The molecule has 0 bridgehead atoms. The number of esters is 1. The van der Waals surface area contributed by atoms with E-state index in [1.165, 1.54) is 25.3 Å². The van der Waals surface area contributed by atoms with Crippen LogP contribution in [0.5, 0.6) is 0 Å². The van der Waals surface area contributed by atoms with E-state index < -0.39 is 17.6 Å². The zero-order valence-corrected chi connectivity index (χ0v) is 15.9. The van der Waals surface area contributed by atoms with Crippen LogP contribution < -0.4 is 5.43 Å². The van der Waals surface area contributed by atoms with Gasteiger partial charge in [0.2, 0.25) is 5.72 Å². The number of hydrogen-bond donors (Lipinski definition) is 2. The number of ether oxygens (including phenoxy) is 1. The molecule has 1 amide bonds. The van der Waals surface area contributed by atoms with Crippen molar-refractivity contribution in [3.8, 4) is 0 Å². The van der Waals surface area contributed by atoms with Gasteiger partial charge in [-0.3, -0.25) is 10.2 Å². The van der Waals surface area contributed by atoms with E-state index in [0.717, 1.165) is 9.48 Å². The molecule has 3 rings (SSSR count). The maximum Gasteiger partial charge on any atom is 0.355 e. The molecule has 26 heavy (non-hydrogen) atoms. The third kappa shape index (κ3) is 3.33. The van der Waals surface area contributed by atoms with Crippen molar-refractivity contribution in [2.24, 2.45) is 0 Å². The van der Waals surface area contributed by atoms with Gasteiger partial charge in [-0.2, -0.15) is 0 Å². The summed E-state index contributed by atoms with van der Waals surface area (Å²) in [6.45, 7) is 0. The summed E-state index contributed by atoms with van der Waals surface area (Å²) < 4.78 is 5.50. The van der Waals surface area contributed by atoms with E-state index in [0.29, 0.717) is 10.6 Å². The normalized spacial score (nSPS) is 18.9. The Hall–Kier alpha value is -2.35. The zero-order chi connectivity index (χ0) is 18.9. The van der Waals surface area contributed by atoms with E-state index in [1.807, 2.05) is 0 Å². The van der Waals surface area contributed by atoms with Crippen LogP contribution in [-0.2, 0) is 15.3 Å². The molecule has 0 spiro atoms. The Balaban J connectivity index is 2.04. The number of rotatable bonds is 3. The maximum atomic E-state index is 12.9. The van der Waals surface area contributed by atoms with Gasteiger partial charge in [0.25, 0.3) is 5.91 Å². The van der Waals surface area contributed by atoms with Crippen LogP contribution in [0.25, 0.3) is 0 Å². The molecule has 1 heterocycles. The van der Waals surface area contributed by atoms with Gasteiger partial charge in [-0.05, 0) is 36.4 Å². The highest BCUT2D eigenvalue weighted by Crippen LogP contribution is 2.34. The van der Waals surface area contributed by atoms with Crippen molar-refractivity contribution < 1.29 is 19.4 Å². The van der Waals surface area contributed by atoms with Crippen molar-refractivity contribution in [3.63, 3.8) is 0 Å². The van der Waals surface area contributed by atoms with E-state index in [9.17, 15) is 14.7 Å². The highest BCUT2D eigenvalue weighted by molar-refractivity contribution is 9.10. The van der Waals surface area contributed by atoms with Gasteiger partial charge in [0.05, 0.1) is 7.11 Å². The second kappa shape index (κ2) is 7.11. The Morgan fingerprint density at radius 1 is 1.15 bits per heavy atom. The van der Waals surface area contributed by atoms with Gasteiger partial charge in [0, 0.05) is 26.7 Å². The molecule has 8 heteroatoms. The largest absolute Gasteiger partial charge is 0.464 e. The third-order valence-corrected chi connectivity index (χ3v) is 4.67. The SMILES string of the molecule is COC(=O)C1=CC(O)(c2ccc(Br)cc2)N(C(=O)c2ccc(Cl)cc2)N1. The summed E-state index contributed by atoms with van der Waals surface area (Å²) in [5.74, 6) is -1.24. The first-order chi connectivity index (χ1) is 12.3. The Bertz CT molecular complexity index is 883. The molecule has 0 fully saturated rings. The molecule has 2 N–H and O–H groups in total. The average molecular weight is 438 g/mol. The number of benzene rings is 2. The highest BCUT2D eigenvalue weighted by atomic mass is 79.9. The molecule has 1 unspecified atom stereocenters. The predicted octanol–water partition coefficient (Wildman–Crippen LogP) is 2.97. The van der Waals surface area contributed by atoms with Gasteiger partial charge in [-0.15, -0.1) is 0 Å². The van der Waals surface area contributed by atoms with Gasteiger partial charge in [0.15, 0.2) is 0 Å². The van der Waals surface area contributed by atoms with E-state index in [-0.39, 0.29) is 11.3 Å². The lowest BCUT2D eigenvalue weighted by molar-refractivity contribution is -0.136. The summed E-state index contributed by atoms with van der Waals surface area (Å²) >= 11 is 9.19. The lowest BCUT2D eigenvalue weighted by Gasteiger charge is -2.32. The summed E-state index contributed by atoms with van der Waals surface area (Å²) in [6, 6.07) is 12.9. The maximum absolute atomic E-state index is 12.9. The van der Waals surface area contributed by atoms with Crippen LogP contribution in [0.3, 0.4) is 0 Å². The molecule has 0 saturated carbocycles. The number of hydrazine groups is 1. The quantitative estimate of drug-likeness (QED) is 0.722. The van der Waals surface area contributed by atoms with Crippen LogP contribution in [0, 0.1) is 0 Å². The van der Waals surface area contributed by atoms with E-state index in [4.69, 9.17) is 11.6 Å². The molecule has 1 aliphatic heterocycles. The number of nitrogens with zero attached hydrogens (tertiary/aromatic N) is 1. The second-order valence-corrected chi connectivity index (χ2v) is 6.89. The van der Waals surface area contributed by atoms with Gasteiger partial charge >= 0.3 is 5.97 Å². The molecule has 2 aromatic rings. The average Bonchev–Trinajstić information content (AvgIpc) is 3.00. The molecule has 1 aliphatic rings. The molecule has 0 saturated heterocycles. The Labute approximate surface area is 163 Å². The summed E-state index contributed by atoms with van der Waals surface area (Å²) in [7, 11) is 1.22. The smallest absolute Gasteiger partial charge is 0.355 e. The summed E-state index contributed by atoms with van der Waals surface area (Å²) in [4.78, 5) is 24.8. The number of nitrogens with one attached hydrogen (secondary N) is 1. The van der Waals surface area contributed by atoms with Crippen LogP contribution in [0.15, 0.2) is 64.8 Å². The van der Waals surface area contributed by atoms with Crippen molar-refractivity contribution in [3.05, 3.63) is 80.9 Å². The summed E-state index contributed by atoms with van der Waals surface area (Å²) in [6.07, 6.45) is 1.25. The number of hydrogen-bond acceptors (Lipinski definition) is 5. The zero-order valence-electron chi connectivity index (χ0n) is 13.6. The topological polar surface area (TPSA) is 78.9 Å². The van der Waals surface area contributed by atoms with Crippen LogP contribution >= 0.6 is 27.5 Å². The highest BCUT2D eigenvalue weighted by Gasteiger charge is 2.45. The van der Waals surface area contributed by atoms with Gasteiger partial charge in [-0.1, -0.05) is 39.7 Å². The van der Waals surface area contributed by atoms with E-state index in [1.54, 1.807) is 36.4 Å². The first-order valence-corrected chi connectivity index (χ1v) is 8.68. The van der Waals surface area contributed by atoms with Crippen LogP contribution in [0.4, 0.5) is 0 Å². The first kappa shape index (κ1) is 18.4. The van der Waals surface area contributed by atoms with Crippen molar-refractivity contribution in [1.82, 2.24) is 10.4 Å². The standard InChI is InChI=1S/C18H14BrClN2O4/c1-26-17(24)15-10-18(25,12-4-6-13(19)7-5-12)22(21-15)16(23)11-2-8-14(20)9-3-11/h2-10,21,25H,1H3. The molecule has 6 nitrogen and oxygen atoms in total. The van der Waals surface area contributed by atoms with Crippen molar-refractivity contribution in [2.45, 2.75) is 5.72 Å². The molecule has 1 atom stereocenters. The Morgan fingerprint density at radius 2 is 1.77 bits per heavy atom. The molecule has 0 aliphatic carbocycles. The molecular formula is C18H14BrClN2O4. The van der Waals surface area contributed by atoms with Gasteiger partial charge in [-0.25, -0.2) is 9.80 Å². The number of amides is 1. The number of aliphatic hydroxyl groups is 1. The fourth-order valence-electron chi connectivity index (χ4n) is 2.55. The second-order valence-electron chi connectivity index (χ2n) is 5.54. The Morgan fingerprint density at radius 3 is 2.35 bits per heavy atom. The predicted molar refractivity (Wildman–Crippen MR) is 98.9 cm³/mol. The minimum atomic E-state index is -1.87. The number of carbonyl (C=O) groups excluding carboxylic acids is 2. The Kier molecular flexibility index (Phi) is 5.04. The fraction of sp³-hybridized carbons (Fsp3) is 0.111. The monoisotopic (exact) mass is 436 g/mol. The van der Waals surface area contributed by atoms with Gasteiger partial charge in [0.1, 0.15) is 5.70 Å². The molecule has 134 valence electrons. The molecular weight excluding hydrogens is 424 g/mol. The lowest BCUT2D eigenvalue weighted by Crippen LogP contribution is -2.51. The van der Waals surface area contributed by atoms with E-state index in [2.05, 4.69) is 26.1 Å². The first-order valence-electron chi connectivity index (χ1n) is 7.51. The molecule has 0 aromatic heterocycles. The molecule has 2 aromatic carbocycles. The minimum absolute atomic E-state index is 0.0415. The lowest BCUT2D eigenvalue weighted by atomic mass is 10.0. The van der Waals surface area contributed by atoms with Gasteiger partial charge < -0.3 is 9.84 Å². The number of carbonyl (C=O) groups is 2. The number of methoxy groups -OCH3 is 1. The van der Waals surface area contributed by atoms with Crippen LogP contribution in [0.2, 0.25) is 5.02 Å². The minimum Gasteiger partial charge on any atom is -0.464 e. The molecule has 0 radical (unpaired) electrons. The number of halogens is 2. The van der Waals surface area contributed by atoms with Crippen LogP contribution in [-0.4, -0.2) is 29.1 Å². The van der Waals surface area contributed by atoms with Crippen LogP contribution in [0.1, 0.15) is 15.9 Å². The summed E-state index contributed by atoms with van der Waals surface area (Å²) in [5.41, 5.74) is 1.40. The fourth-order valence-corrected chi connectivity index (χ4v) is 2.94.